The lowest BCUT2D eigenvalue weighted by molar-refractivity contribution is 0.121. The predicted molar refractivity (Wildman–Crippen MR) is 44.5 cm³/mol. The van der Waals surface area contributed by atoms with Crippen LogP contribution in [0.3, 0.4) is 0 Å². The van der Waals surface area contributed by atoms with Crippen LogP contribution in [0.2, 0.25) is 0 Å². The molecular formula is C6H15NO3S. The molecular weight excluding hydrogens is 166 g/mol. The summed E-state index contributed by atoms with van der Waals surface area (Å²) < 4.78 is 26.1. The number of hydrogen-bond donors (Lipinski definition) is 2. The third-order valence-corrected chi connectivity index (χ3v) is 1.62. The molecule has 2 N–H and O–H groups in total. The smallest absolute Gasteiger partial charge is 0.232 e. The summed E-state index contributed by atoms with van der Waals surface area (Å²) in [4.78, 5) is 0. The van der Waals surface area contributed by atoms with Gasteiger partial charge in [0.15, 0.2) is 0 Å². The highest BCUT2D eigenvalue weighted by molar-refractivity contribution is 7.77. The molecule has 0 fully saturated rings. The summed E-state index contributed by atoms with van der Waals surface area (Å²) >= 11 is -1.93. The largest absolute Gasteiger partial charge is 0.380 e. The van der Waals surface area contributed by atoms with E-state index in [1.165, 1.54) is 0 Å². The van der Waals surface area contributed by atoms with Gasteiger partial charge in [0.2, 0.25) is 11.3 Å². The molecule has 0 saturated carbocycles. The van der Waals surface area contributed by atoms with Gasteiger partial charge < -0.3 is 4.74 Å². The van der Waals surface area contributed by atoms with Gasteiger partial charge in [0, 0.05) is 12.6 Å². The third kappa shape index (κ3) is 7.93. The van der Waals surface area contributed by atoms with Crippen LogP contribution in [-0.4, -0.2) is 28.0 Å². The van der Waals surface area contributed by atoms with Crippen LogP contribution in [0.15, 0.2) is 0 Å². The molecule has 0 aliphatic carbocycles. The standard InChI is InChI=1S/C6H15NO3S/c1-3-4-10-5-6(2)7-11(8)9/h6-7H,3-5H2,1-2H3,(H,8,9). The Morgan fingerprint density at radius 3 is 2.82 bits per heavy atom. The molecule has 0 aromatic heterocycles. The number of hydrogen-bond acceptors (Lipinski definition) is 2. The van der Waals surface area contributed by atoms with Gasteiger partial charge >= 0.3 is 0 Å². The molecule has 5 heteroatoms. The first kappa shape index (κ1) is 11.0. The van der Waals surface area contributed by atoms with Crippen LogP contribution in [0.5, 0.6) is 0 Å². The first-order chi connectivity index (χ1) is 5.16. The molecule has 2 atom stereocenters. The summed E-state index contributed by atoms with van der Waals surface area (Å²) in [5.74, 6) is 0. The summed E-state index contributed by atoms with van der Waals surface area (Å²) in [5, 5.41) is 0. The average Bonchev–Trinajstić information content (AvgIpc) is 1.86. The molecule has 0 aliphatic heterocycles. The summed E-state index contributed by atoms with van der Waals surface area (Å²) in [5.41, 5.74) is 0. The van der Waals surface area contributed by atoms with Gasteiger partial charge in [0.25, 0.3) is 0 Å². The van der Waals surface area contributed by atoms with Crippen LogP contribution < -0.4 is 4.72 Å². The van der Waals surface area contributed by atoms with E-state index in [0.717, 1.165) is 6.42 Å². The molecule has 4 nitrogen and oxygen atoms in total. The Morgan fingerprint density at radius 2 is 2.36 bits per heavy atom. The van der Waals surface area contributed by atoms with Crippen LogP contribution in [0.25, 0.3) is 0 Å². The lowest BCUT2D eigenvalue weighted by atomic mass is 10.4. The molecule has 0 rings (SSSR count). The van der Waals surface area contributed by atoms with Gasteiger partial charge in [-0.15, -0.1) is 0 Å². The highest BCUT2D eigenvalue weighted by atomic mass is 32.2. The minimum Gasteiger partial charge on any atom is -0.380 e. The van der Waals surface area contributed by atoms with Crippen molar-refractivity contribution in [1.29, 1.82) is 0 Å². The Morgan fingerprint density at radius 1 is 1.73 bits per heavy atom. The maximum absolute atomic E-state index is 10.2. The Hall–Kier alpha value is 0.0300. The molecule has 0 amide bonds. The normalized spacial score (nSPS) is 16.3. The van der Waals surface area contributed by atoms with Gasteiger partial charge in [-0.2, -0.15) is 0 Å². The fourth-order valence-corrected chi connectivity index (χ4v) is 1.02. The van der Waals surface area contributed by atoms with E-state index in [9.17, 15) is 4.21 Å². The van der Waals surface area contributed by atoms with Crippen LogP contribution in [0, 0.1) is 0 Å². The lowest BCUT2D eigenvalue weighted by Crippen LogP contribution is -2.31. The summed E-state index contributed by atoms with van der Waals surface area (Å²) in [6.45, 7) is 4.98. The van der Waals surface area contributed by atoms with Gasteiger partial charge in [-0.1, -0.05) is 6.92 Å². The second-order valence-corrected chi connectivity index (χ2v) is 3.08. The SMILES string of the molecule is CCCOCC(C)NS(=O)O. The zero-order valence-corrected chi connectivity index (χ0v) is 7.69. The summed E-state index contributed by atoms with van der Waals surface area (Å²) in [6, 6.07) is -0.0765. The second-order valence-electron chi connectivity index (χ2n) is 2.34. The van der Waals surface area contributed by atoms with Crippen LogP contribution in [0.4, 0.5) is 0 Å². The molecule has 0 spiro atoms. The topological polar surface area (TPSA) is 58.6 Å². The van der Waals surface area contributed by atoms with Crippen LogP contribution >= 0.6 is 0 Å². The van der Waals surface area contributed by atoms with Gasteiger partial charge in [0.1, 0.15) is 0 Å². The molecule has 0 aromatic rings. The van der Waals surface area contributed by atoms with E-state index in [0.29, 0.717) is 13.2 Å². The molecule has 0 aliphatic rings. The van der Waals surface area contributed by atoms with Crippen molar-refractivity contribution in [2.45, 2.75) is 26.3 Å². The van der Waals surface area contributed by atoms with Crippen molar-refractivity contribution in [2.75, 3.05) is 13.2 Å². The Balaban J connectivity index is 3.22. The summed E-state index contributed by atoms with van der Waals surface area (Å²) in [6.07, 6.45) is 0.967. The number of rotatable bonds is 6. The minimum atomic E-state index is -1.93. The fraction of sp³-hybridized carbons (Fsp3) is 1.00. The Bertz CT molecular complexity index is 120. The van der Waals surface area contributed by atoms with E-state index in [4.69, 9.17) is 9.29 Å². The van der Waals surface area contributed by atoms with Crippen molar-refractivity contribution in [2.24, 2.45) is 0 Å². The lowest BCUT2D eigenvalue weighted by Gasteiger charge is -2.09. The maximum Gasteiger partial charge on any atom is 0.232 e. The molecule has 0 saturated heterocycles. The first-order valence-electron chi connectivity index (χ1n) is 3.61. The van der Waals surface area contributed by atoms with Crippen molar-refractivity contribution in [3.63, 3.8) is 0 Å². The Labute approximate surface area is 69.7 Å². The highest BCUT2D eigenvalue weighted by Crippen LogP contribution is 1.86. The molecule has 68 valence electrons. The van der Waals surface area contributed by atoms with E-state index in [1.807, 2.05) is 6.92 Å². The monoisotopic (exact) mass is 181 g/mol. The molecule has 0 heterocycles. The molecule has 11 heavy (non-hydrogen) atoms. The van der Waals surface area contributed by atoms with Crippen molar-refractivity contribution < 1.29 is 13.5 Å². The van der Waals surface area contributed by atoms with Gasteiger partial charge in [-0.3, -0.25) is 4.55 Å². The maximum atomic E-state index is 10.2. The average molecular weight is 181 g/mol. The van der Waals surface area contributed by atoms with Crippen LogP contribution in [-0.2, 0) is 16.0 Å². The Kier molecular flexibility index (Phi) is 6.74. The van der Waals surface area contributed by atoms with Crippen molar-refractivity contribution >= 4 is 11.3 Å². The second kappa shape index (κ2) is 6.72. The van der Waals surface area contributed by atoms with Gasteiger partial charge in [-0.25, -0.2) is 8.93 Å². The first-order valence-corrected chi connectivity index (χ1v) is 4.72. The summed E-state index contributed by atoms with van der Waals surface area (Å²) in [7, 11) is 0. The zero-order valence-electron chi connectivity index (χ0n) is 6.87. The van der Waals surface area contributed by atoms with E-state index in [-0.39, 0.29) is 6.04 Å². The number of nitrogens with one attached hydrogen (secondary N) is 1. The van der Waals surface area contributed by atoms with Crippen molar-refractivity contribution in [3.05, 3.63) is 0 Å². The number of ether oxygens (including phenoxy) is 1. The van der Waals surface area contributed by atoms with Gasteiger partial charge in [-0.05, 0) is 13.3 Å². The van der Waals surface area contributed by atoms with Crippen molar-refractivity contribution in [1.82, 2.24) is 4.72 Å². The predicted octanol–water partition coefficient (Wildman–Crippen LogP) is 0.528. The molecule has 0 aromatic carbocycles. The zero-order chi connectivity index (χ0) is 8.69. The fourth-order valence-electron chi connectivity index (χ4n) is 0.611. The van der Waals surface area contributed by atoms with Crippen LogP contribution in [0.1, 0.15) is 20.3 Å². The van der Waals surface area contributed by atoms with E-state index < -0.39 is 11.3 Å². The van der Waals surface area contributed by atoms with E-state index in [2.05, 4.69) is 4.72 Å². The quantitative estimate of drug-likeness (QED) is 0.464. The third-order valence-electron chi connectivity index (χ3n) is 1.02. The molecule has 2 unspecified atom stereocenters. The highest BCUT2D eigenvalue weighted by Gasteiger charge is 2.02. The van der Waals surface area contributed by atoms with E-state index in [1.54, 1.807) is 6.92 Å². The minimum absolute atomic E-state index is 0.0765. The van der Waals surface area contributed by atoms with Gasteiger partial charge in [0.05, 0.1) is 6.61 Å². The van der Waals surface area contributed by atoms with Crippen molar-refractivity contribution in [3.8, 4) is 0 Å². The van der Waals surface area contributed by atoms with E-state index >= 15 is 0 Å². The molecule has 0 bridgehead atoms. The molecule has 0 radical (unpaired) electrons.